The van der Waals surface area contributed by atoms with Crippen molar-refractivity contribution >= 4 is 35.0 Å². The SMILES string of the molecule is CCOC(=O)Oc1ccc(C(=O)Nc2ccccc2CNC(=O)c2cccs2)cc1. The zero-order chi connectivity index (χ0) is 21.3. The van der Waals surface area contributed by atoms with Crippen molar-refractivity contribution < 1.29 is 23.9 Å². The van der Waals surface area contributed by atoms with Gasteiger partial charge in [0, 0.05) is 17.8 Å². The van der Waals surface area contributed by atoms with Gasteiger partial charge in [-0.05, 0) is 54.3 Å². The molecule has 0 radical (unpaired) electrons. The summed E-state index contributed by atoms with van der Waals surface area (Å²) in [4.78, 5) is 36.7. The Morgan fingerprint density at radius 2 is 1.70 bits per heavy atom. The Kier molecular flexibility index (Phi) is 7.18. The van der Waals surface area contributed by atoms with Crippen LogP contribution in [0.2, 0.25) is 0 Å². The number of thiophene rings is 1. The molecule has 1 heterocycles. The zero-order valence-corrected chi connectivity index (χ0v) is 17.0. The fraction of sp³-hybridized carbons (Fsp3) is 0.136. The quantitative estimate of drug-likeness (QED) is 0.431. The molecule has 30 heavy (non-hydrogen) atoms. The monoisotopic (exact) mass is 424 g/mol. The normalized spacial score (nSPS) is 10.2. The molecule has 2 aromatic carbocycles. The van der Waals surface area contributed by atoms with Gasteiger partial charge in [-0.2, -0.15) is 0 Å². The Morgan fingerprint density at radius 1 is 0.933 bits per heavy atom. The smallest absolute Gasteiger partial charge is 0.434 e. The zero-order valence-electron chi connectivity index (χ0n) is 16.2. The lowest BCUT2D eigenvalue weighted by atomic mass is 10.1. The van der Waals surface area contributed by atoms with Crippen LogP contribution in [0.4, 0.5) is 10.5 Å². The fourth-order valence-electron chi connectivity index (χ4n) is 2.58. The molecule has 0 saturated carbocycles. The number of carbonyl (C=O) groups is 3. The molecule has 8 heteroatoms. The van der Waals surface area contributed by atoms with Crippen molar-refractivity contribution in [3.63, 3.8) is 0 Å². The molecule has 0 fully saturated rings. The number of anilines is 1. The van der Waals surface area contributed by atoms with E-state index in [-0.39, 0.29) is 30.7 Å². The summed E-state index contributed by atoms with van der Waals surface area (Å²) in [6.45, 7) is 2.17. The molecular formula is C22H20N2O5S. The highest BCUT2D eigenvalue weighted by Gasteiger charge is 2.12. The molecule has 0 unspecified atom stereocenters. The van der Waals surface area contributed by atoms with Crippen LogP contribution in [0.1, 0.15) is 32.5 Å². The molecule has 154 valence electrons. The number of rotatable bonds is 7. The highest BCUT2D eigenvalue weighted by molar-refractivity contribution is 7.12. The molecule has 0 atom stereocenters. The van der Waals surface area contributed by atoms with Gasteiger partial charge in [0.1, 0.15) is 5.75 Å². The van der Waals surface area contributed by atoms with Crippen molar-refractivity contribution in [1.29, 1.82) is 0 Å². The second-order valence-electron chi connectivity index (χ2n) is 6.08. The minimum Gasteiger partial charge on any atom is -0.434 e. The van der Waals surface area contributed by atoms with E-state index in [1.807, 2.05) is 23.6 Å². The van der Waals surface area contributed by atoms with Crippen molar-refractivity contribution in [2.24, 2.45) is 0 Å². The number of carbonyl (C=O) groups excluding carboxylic acids is 3. The van der Waals surface area contributed by atoms with Crippen LogP contribution in [-0.2, 0) is 11.3 Å². The van der Waals surface area contributed by atoms with Gasteiger partial charge in [0.15, 0.2) is 0 Å². The van der Waals surface area contributed by atoms with Gasteiger partial charge in [0.25, 0.3) is 11.8 Å². The van der Waals surface area contributed by atoms with E-state index in [0.717, 1.165) is 5.56 Å². The van der Waals surface area contributed by atoms with Crippen LogP contribution in [0.5, 0.6) is 5.75 Å². The van der Waals surface area contributed by atoms with Gasteiger partial charge < -0.3 is 20.1 Å². The molecule has 0 saturated heterocycles. The second-order valence-corrected chi connectivity index (χ2v) is 7.03. The van der Waals surface area contributed by atoms with Crippen molar-refractivity contribution in [3.05, 3.63) is 82.0 Å². The maximum atomic E-state index is 12.6. The van der Waals surface area contributed by atoms with Crippen LogP contribution in [-0.4, -0.2) is 24.6 Å². The summed E-state index contributed by atoms with van der Waals surface area (Å²) >= 11 is 1.36. The lowest BCUT2D eigenvalue weighted by Gasteiger charge is -2.12. The third-order valence-corrected chi connectivity index (χ3v) is 4.90. The van der Waals surface area contributed by atoms with Gasteiger partial charge >= 0.3 is 6.16 Å². The number of nitrogens with one attached hydrogen (secondary N) is 2. The van der Waals surface area contributed by atoms with Crippen LogP contribution in [0.3, 0.4) is 0 Å². The largest absolute Gasteiger partial charge is 0.513 e. The number of hydrogen-bond acceptors (Lipinski definition) is 6. The average Bonchev–Trinajstić information content (AvgIpc) is 3.28. The molecular weight excluding hydrogens is 404 g/mol. The molecule has 0 aliphatic rings. The first kappa shape index (κ1) is 21.1. The van der Waals surface area contributed by atoms with Crippen LogP contribution >= 0.6 is 11.3 Å². The van der Waals surface area contributed by atoms with E-state index in [1.165, 1.54) is 23.5 Å². The Morgan fingerprint density at radius 3 is 2.40 bits per heavy atom. The molecule has 7 nitrogen and oxygen atoms in total. The lowest BCUT2D eigenvalue weighted by molar-refractivity contribution is 0.0953. The van der Waals surface area contributed by atoms with E-state index >= 15 is 0 Å². The van der Waals surface area contributed by atoms with Gasteiger partial charge in [-0.15, -0.1) is 11.3 Å². The number of ether oxygens (including phenoxy) is 2. The van der Waals surface area contributed by atoms with Crippen LogP contribution in [0.15, 0.2) is 66.0 Å². The maximum absolute atomic E-state index is 12.6. The van der Waals surface area contributed by atoms with Crippen molar-refractivity contribution in [1.82, 2.24) is 5.32 Å². The maximum Gasteiger partial charge on any atom is 0.513 e. The molecule has 0 spiro atoms. The Bertz CT molecular complexity index is 1020. The summed E-state index contributed by atoms with van der Waals surface area (Å²) in [6, 6.07) is 16.9. The predicted molar refractivity (Wildman–Crippen MR) is 114 cm³/mol. The lowest BCUT2D eigenvalue weighted by Crippen LogP contribution is -2.23. The number of benzene rings is 2. The van der Waals surface area contributed by atoms with E-state index in [2.05, 4.69) is 10.6 Å². The molecule has 3 aromatic rings. The van der Waals surface area contributed by atoms with Crippen LogP contribution < -0.4 is 15.4 Å². The number of amides is 2. The fourth-order valence-corrected chi connectivity index (χ4v) is 3.22. The van der Waals surface area contributed by atoms with Crippen molar-refractivity contribution in [3.8, 4) is 5.75 Å². The topological polar surface area (TPSA) is 93.7 Å². The van der Waals surface area contributed by atoms with Crippen LogP contribution in [0, 0.1) is 0 Å². The third-order valence-electron chi connectivity index (χ3n) is 4.03. The third kappa shape index (κ3) is 5.68. The summed E-state index contributed by atoms with van der Waals surface area (Å²) in [5.41, 5.74) is 1.77. The highest BCUT2D eigenvalue weighted by atomic mass is 32.1. The van der Waals surface area contributed by atoms with Gasteiger partial charge in [0.05, 0.1) is 11.5 Å². The first-order chi connectivity index (χ1) is 14.6. The number of hydrogen-bond donors (Lipinski definition) is 2. The van der Waals surface area contributed by atoms with Gasteiger partial charge in [-0.1, -0.05) is 24.3 Å². The summed E-state index contributed by atoms with van der Waals surface area (Å²) in [7, 11) is 0. The predicted octanol–water partition coefficient (Wildman–Crippen LogP) is 4.47. The molecule has 2 amide bonds. The standard InChI is InChI=1S/C22H20N2O5S/c1-2-28-22(27)29-17-11-9-15(10-12-17)20(25)24-18-7-4-3-6-16(18)14-23-21(26)19-8-5-13-30-19/h3-13H,2,14H2,1H3,(H,23,26)(H,24,25). The van der Waals surface area contributed by atoms with Gasteiger partial charge in [0.2, 0.25) is 0 Å². The van der Waals surface area contributed by atoms with E-state index in [0.29, 0.717) is 16.1 Å². The Balaban J connectivity index is 1.62. The molecule has 3 rings (SSSR count). The molecule has 0 aliphatic heterocycles. The van der Waals surface area contributed by atoms with E-state index in [1.54, 1.807) is 37.3 Å². The van der Waals surface area contributed by atoms with E-state index in [4.69, 9.17) is 9.47 Å². The first-order valence-corrected chi connectivity index (χ1v) is 10.1. The second kappa shape index (κ2) is 10.2. The summed E-state index contributed by atoms with van der Waals surface area (Å²) < 4.78 is 9.69. The Hall–Kier alpha value is -3.65. The van der Waals surface area contributed by atoms with E-state index < -0.39 is 6.16 Å². The number of para-hydroxylation sites is 1. The molecule has 2 N–H and O–H groups in total. The minimum absolute atomic E-state index is 0.164. The molecule has 0 bridgehead atoms. The molecule has 0 aliphatic carbocycles. The first-order valence-electron chi connectivity index (χ1n) is 9.22. The van der Waals surface area contributed by atoms with Crippen molar-refractivity contribution in [2.45, 2.75) is 13.5 Å². The summed E-state index contributed by atoms with van der Waals surface area (Å²) in [6.07, 6.45) is -0.798. The minimum atomic E-state index is -0.798. The summed E-state index contributed by atoms with van der Waals surface area (Å²) in [5, 5.41) is 7.54. The average molecular weight is 424 g/mol. The van der Waals surface area contributed by atoms with Gasteiger partial charge in [-0.3, -0.25) is 9.59 Å². The Labute approximate surface area is 177 Å². The van der Waals surface area contributed by atoms with Gasteiger partial charge in [-0.25, -0.2) is 4.79 Å². The van der Waals surface area contributed by atoms with Crippen LogP contribution in [0.25, 0.3) is 0 Å². The molecule has 1 aromatic heterocycles. The van der Waals surface area contributed by atoms with E-state index in [9.17, 15) is 14.4 Å². The highest BCUT2D eigenvalue weighted by Crippen LogP contribution is 2.18. The van der Waals surface area contributed by atoms with Crippen molar-refractivity contribution in [2.75, 3.05) is 11.9 Å². The summed E-state index contributed by atoms with van der Waals surface area (Å²) in [5.74, 6) is -0.209.